The maximum atomic E-state index is 5.34. The first-order chi connectivity index (χ1) is 4.56. The van der Waals surface area contributed by atoms with Crippen LogP contribution in [0.25, 0.3) is 0 Å². The van der Waals surface area contributed by atoms with Crippen molar-refractivity contribution in [3.8, 4) is 0 Å². The van der Waals surface area contributed by atoms with Gasteiger partial charge < -0.3 is 16.6 Å². The van der Waals surface area contributed by atoms with Crippen molar-refractivity contribution >= 4 is 0 Å². The molecule has 0 aliphatic heterocycles. The fourth-order valence-electron chi connectivity index (χ4n) is 0.585. The molecule has 0 heterocycles. The lowest BCUT2D eigenvalue weighted by Crippen LogP contribution is -2.37. The van der Waals surface area contributed by atoms with Crippen LogP contribution in [0, 0.1) is 7.43 Å². The first kappa shape index (κ1) is 13.5. The summed E-state index contributed by atoms with van der Waals surface area (Å²) in [7, 11) is 6.53. The Morgan fingerprint density at radius 2 is 1.64 bits per heavy atom. The van der Waals surface area contributed by atoms with Gasteiger partial charge in [0.25, 0.3) is 0 Å². The number of quaternary nitrogens is 1. The standard InChI is InChI=1S/C8H20NO.CH3/c1-5-7-10-8-6-9(2,3)4;/h5-8H2,1-4H3;1H3/q+1;-1. The maximum absolute atomic E-state index is 5.34. The third-order valence-electron chi connectivity index (χ3n) is 1.25. The predicted octanol–water partition coefficient (Wildman–Crippen LogP) is 1.57. The zero-order valence-corrected chi connectivity index (χ0v) is 8.68. The molecule has 0 amide bonds. The first-order valence-corrected chi connectivity index (χ1v) is 3.94. The van der Waals surface area contributed by atoms with Crippen molar-refractivity contribution in [2.24, 2.45) is 0 Å². The topological polar surface area (TPSA) is 9.23 Å². The van der Waals surface area contributed by atoms with Crippen LogP contribution < -0.4 is 0 Å². The highest BCUT2D eigenvalue weighted by atomic mass is 16.5. The molecule has 0 aromatic heterocycles. The number of nitrogens with zero attached hydrogens (tertiary/aromatic N) is 1. The molecule has 0 unspecified atom stereocenters. The number of rotatable bonds is 5. The van der Waals surface area contributed by atoms with Gasteiger partial charge in [0.05, 0.1) is 27.7 Å². The minimum absolute atomic E-state index is 0. The van der Waals surface area contributed by atoms with Gasteiger partial charge in [0.1, 0.15) is 6.54 Å². The molecule has 0 rings (SSSR count). The molecule has 0 atom stereocenters. The highest BCUT2D eigenvalue weighted by Crippen LogP contribution is 1.89. The molecule has 2 nitrogen and oxygen atoms in total. The smallest absolute Gasteiger partial charge is 0.102 e. The van der Waals surface area contributed by atoms with E-state index in [0.717, 1.165) is 30.7 Å². The number of ether oxygens (including phenoxy) is 1. The predicted molar refractivity (Wildman–Crippen MR) is 50.4 cm³/mol. The van der Waals surface area contributed by atoms with Crippen LogP contribution in [-0.2, 0) is 4.74 Å². The van der Waals surface area contributed by atoms with Gasteiger partial charge in [-0.15, -0.1) is 0 Å². The van der Waals surface area contributed by atoms with Crippen molar-refractivity contribution in [2.75, 3.05) is 40.9 Å². The summed E-state index contributed by atoms with van der Waals surface area (Å²) >= 11 is 0. The highest BCUT2D eigenvalue weighted by molar-refractivity contribution is 4.29. The van der Waals surface area contributed by atoms with Crippen molar-refractivity contribution in [2.45, 2.75) is 13.3 Å². The summed E-state index contributed by atoms with van der Waals surface area (Å²) in [5.41, 5.74) is 0. The quantitative estimate of drug-likeness (QED) is 0.338. The summed E-state index contributed by atoms with van der Waals surface area (Å²) in [5, 5.41) is 0. The van der Waals surface area contributed by atoms with Gasteiger partial charge in [-0.1, -0.05) is 6.92 Å². The van der Waals surface area contributed by atoms with Gasteiger partial charge >= 0.3 is 0 Å². The zero-order valence-electron chi connectivity index (χ0n) is 8.68. The molecular weight excluding hydrogens is 138 g/mol. The molecule has 0 bridgehead atoms. The van der Waals surface area contributed by atoms with Gasteiger partial charge in [-0.2, -0.15) is 0 Å². The molecule has 0 spiro atoms. The minimum Gasteiger partial charge on any atom is -0.376 e. The van der Waals surface area contributed by atoms with Gasteiger partial charge in [0, 0.05) is 6.61 Å². The zero-order chi connectivity index (χ0) is 8.04. The van der Waals surface area contributed by atoms with E-state index in [2.05, 4.69) is 28.1 Å². The van der Waals surface area contributed by atoms with Crippen LogP contribution >= 0.6 is 0 Å². The highest BCUT2D eigenvalue weighted by Gasteiger charge is 2.04. The average Bonchev–Trinajstić information content (AvgIpc) is 1.78. The summed E-state index contributed by atoms with van der Waals surface area (Å²) in [4.78, 5) is 0. The van der Waals surface area contributed by atoms with E-state index in [-0.39, 0.29) is 7.43 Å². The Bertz CT molecular complexity index is 76.1. The normalized spacial score (nSPS) is 10.9. The second-order valence-corrected chi connectivity index (χ2v) is 3.63. The van der Waals surface area contributed by atoms with Gasteiger partial charge in [0.2, 0.25) is 0 Å². The summed E-state index contributed by atoms with van der Waals surface area (Å²) in [5.74, 6) is 0. The van der Waals surface area contributed by atoms with E-state index in [1.54, 1.807) is 0 Å². The van der Waals surface area contributed by atoms with Crippen molar-refractivity contribution in [3.63, 3.8) is 0 Å². The minimum atomic E-state index is 0. The Kier molecular flexibility index (Phi) is 8.13. The van der Waals surface area contributed by atoms with Gasteiger partial charge in [-0.3, -0.25) is 0 Å². The molecule has 0 N–H and O–H groups in total. The lowest BCUT2D eigenvalue weighted by Gasteiger charge is -2.23. The second kappa shape index (κ2) is 6.62. The molecule has 0 saturated carbocycles. The maximum Gasteiger partial charge on any atom is 0.102 e. The molecule has 2 heteroatoms. The van der Waals surface area contributed by atoms with Crippen LogP contribution in [0.1, 0.15) is 13.3 Å². The monoisotopic (exact) mass is 161 g/mol. The SMILES string of the molecule is CCCOCC[N+](C)(C)C.[CH3-]. The summed E-state index contributed by atoms with van der Waals surface area (Å²) < 4.78 is 6.33. The Balaban J connectivity index is 0. The molecule has 0 aromatic rings. The first-order valence-electron chi connectivity index (χ1n) is 3.94. The van der Waals surface area contributed by atoms with Crippen LogP contribution in [0.5, 0.6) is 0 Å². The average molecular weight is 161 g/mol. The van der Waals surface area contributed by atoms with Crippen LogP contribution in [0.4, 0.5) is 0 Å². The molecule has 0 radical (unpaired) electrons. The van der Waals surface area contributed by atoms with Crippen molar-refractivity contribution in [1.82, 2.24) is 0 Å². The van der Waals surface area contributed by atoms with E-state index < -0.39 is 0 Å². The Labute approximate surface area is 71.7 Å². The molecule has 0 aliphatic rings. The van der Waals surface area contributed by atoms with E-state index in [1.165, 1.54) is 0 Å². The molecule has 0 saturated heterocycles. The van der Waals surface area contributed by atoms with Crippen LogP contribution in [0.15, 0.2) is 0 Å². The third kappa shape index (κ3) is 13.0. The second-order valence-electron chi connectivity index (χ2n) is 3.63. The third-order valence-corrected chi connectivity index (χ3v) is 1.25. The fraction of sp³-hybridized carbons (Fsp3) is 0.889. The fourth-order valence-corrected chi connectivity index (χ4v) is 0.585. The summed E-state index contributed by atoms with van der Waals surface area (Å²) in [6, 6.07) is 0. The largest absolute Gasteiger partial charge is 0.376 e. The summed E-state index contributed by atoms with van der Waals surface area (Å²) in [6.45, 7) is 5.02. The van der Waals surface area contributed by atoms with Gasteiger partial charge in [-0.05, 0) is 6.42 Å². The van der Waals surface area contributed by atoms with Crippen molar-refractivity contribution in [3.05, 3.63) is 7.43 Å². The molecular formula is C9H23NO. The van der Waals surface area contributed by atoms with E-state index in [4.69, 9.17) is 4.74 Å². The lowest BCUT2D eigenvalue weighted by atomic mass is 10.5. The molecule has 0 fully saturated rings. The van der Waals surface area contributed by atoms with E-state index in [0.29, 0.717) is 0 Å². The van der Waals surface area contributed by atoms with E-state index in [1.807, 2.05) is 0 Å². The molecule has 0 aromatic carbocycles. The van der Waals surface area contributed by atoms with E-state index >= 15 is 0 Å². The Morgan fingerprint density at radius 3 is 2.00 bits per heavy atom. The van der Waals surface area contributed by atoms with Crippen LogP contribution in [-0.4, -0.2) is 45.4 Å². The van der Waals surface area contributed by atoms with Crippen molar-refractivity contribution < 1.29 is 9.22 Å². The Hall–Kier alpha value is -0.0800. The molecule has 0 aliphatic carbocycles. The van der Waals surface area contributed by atoms with Crippen molar-refractivity contribution in [1.29, 1.82) is 0 Å². The number of hydrogen-bond acceptors (Lipinski definition) is 1. The van der Waals surface area contributed by atoms with Gasteiger partial charge in [0.15, 0.2) is 0 Å². The van der Waals surface area contributed by atoms with Crippen LogP contribution in [0.3, 0.4) is 0 Å². The lowest BCUT2D eigenvalue weighted by molar-refractivity contribution is -0.870. The summed E-state index contributed by atoms with van der Waals surface area (Å²) in [6.07, 6.45) is 1.12. The number of likely N-dealkylation sites (N-methyl/N-ethyl adjacent to an activating group) is 1. The molecule has 11 heavy (non-hydrogen) atoms. The number of hydrogen-bond donors (Lipinski definition) is 0. The van der Waals surface area contributed by atoms with Gasteiger partial charge in [-0.25, -0.2) is 0 Å². The van der Waals surface area contributed by atoms with Crippen LogP contribution in [0.2, 0.25) is 0 Å². The molecule has 70 valence electrons. The van der Waals surface area contributed by atoms with E-state index in [9.17, 15) is 0 Å². The Morgan fingerprint density at radius 1 is 1.09 bits per heavy atom.